The van der Waals surface area contributed by atoms with E-state index in [0.29, 0.717) is 17.7 Å². The summed E-state index contributed by atoms with van der Waals surface area (Å²) in [6.07, 6.45) is 2.64. The Morgan fingerprint density at radius 3 is 3.00 bits per heavy atom. The average molecular weight is 322 g/mol. The van der Waals surface area contributed by atoms with Crippen molar-refractivity contribution in [2.45, 2.75) is 33.0 Å². The summed E-state index contributed by atoms with van der Waals surface area (Å²) in [6, 6.07) is 0. The quantitative estimate of drug-likeness (QED) is 0.827. The smallest absolute Gasteiger partial charge is 0.195 e. The number of nitrogens with one attached hydrogen (secondary N) is 1. The van der Waals surface area contributed by atoms with Crippen LogP contribution in [0.3, 0.4) is 0 Å². The summed E-state index contributed by atoms with van der Waals surface area (Å²) in [5.41, 5.74) is 9.98. The first-order valence-corrected chi connectivity index (χ1v) is 7.61. The van der Waals surface area contributed by atoms with E-state index in [1.807, 2.05) is 20.0 Å². The number of nitrogens with two attached hydrogens (primary N) is 1. The fourth-order valence-corrected chi connectivity index (χ4v) is 3.35. The summed E-state index contributed by atoms with van der Waals surface area (Å²) in [6.45, 7) is 5.61. The van der Waals surface area contributed by atoms with E-state index in [1.165, 1.54) is 0 Å². The molecule has 2 aliphatic rings. The first-order valence-electron chi connectivity index (χ1n) is 7.23. The van der Waals surface area contributed by atoms with Crippen LogP contribution >= 0.6 is 11.6 Å². The highest BCUT2D eigenvalue weighted by Crippen LogP contribution is 2.32. The second-order valence-electron chi connectivity index (χ2n) is 5.62. The molecule has 1 aromatic heterocycles. The molecular weight excluding hydrogens is 302 g/mol. The lowest BCUT2D eigenvalue weighted by Gasteiger charge is -2.26. The Bertz CT molecular complexity index is 670. The molecule has 0 aliphatic carbocycles. The molecule has 0 bridgehead atoms. The fourth-order valence-electron chi connectivity index (χ4n) is 3.06. The van der Waals surface area contributed by atoms with Crippen molar-refractivity contribution in [1.82, 2.24) is 15.2 Å². The highest BCUT2D eigenvalue weighted by molar-refractivity contribution is 6.31. The lowest BCUT2D eigenvalue weighted by Crippen LogP contribution is -2.40. The summed E-state index contributed by atoms with van der Waals surface area (Å²) in [5, 5.41) is 3.49. The number of halogens is 1. The molecule has 2 aliphatic heterocycles. The Balaban J connectivity index is 1.87. The van der Waals surface area contributed by atoms with Crippen LogP contribution in [0.25, 0.3) is 0 Å². The van der Waals surface area contributed by atoms with E-state index in [-0.39, 0.29) is 6.17 Å². The number of likely N-dealkylation sites (tertiary alicyclic amines) is 1. The van der Waals surface area contributed by atoms with E-state index in [4.69, 9.17) is 22.1 Å². The number of rotatable bonds is 3. The second-order valence-corrected chi connectivity index (χ2v) is 6.00. The van der Waals surface area contributed by atoms with Gasteiger partial charge in [-0.2, -0.15) is 0 Å². The third-order valence-electron chi connectivity index (χ3n) is 4.21. The number of pyridine rings is 1. The molecule has 22 heavy (non-hydrogen) atoms. The van der Waals surface area contributed by atoms with Gasteiger partial charge in [-0.15, -0.1) is 0 Å². The summed E-state index contributed by atoms with van der Waals surface area (Å²) >= 11 is 6.23. The second kappa shape index (κ2) is 5.78. The van der Waals surface area contributed by atoms with E-state index in [0.717, 1.165) is 41.1 Å². The minimum Gasteiger partial charge on any atom is -0.496 e. The standard InChI is InChI=1S/C15H20ClN5O/c1-8-6-18-11(9(2)12(8)22-3)7-21-5-4-10-13(16)19-15(17)20-14(10)21/h6,14H,4-5,7H2,1-3H3,(H3,17,19,20). The number of aromatic nitrogens is 1. The minimum atomic E-state index is -0.0951. The van der Waals surface area contributed by atoms with Crippen LogP contribution < -0.4 is 15.8 Å². The molecule has 1 aromatic rings. The van der Waals surface area contributed by atoms with Gasteiger partial charge in [-0.25, -0.2) is 4.99 Å². The molecule has 0 amide bonds. The van der Waals surface area contributed by atoms with Crippen molar-refractivity contribution in [3.63, 3.8) is 0 Å². The van der Waals surface area contributed by atoms with Crippen molar-refractivity contribution < 1.29 is 4.74 Å². The third kappa shape index (κ3) is 2.53. The molecular formula is C15H20ClN5O. The van der Waals surface area contributed by atoms with Gasteiger partial charge in [0.05, 0.1) is 12.8 Å². The largest absolute Gasteiger partial charge is 0.496 e. The summed E-state index contributed by atoms with van der Waals surface area (Å²) in [5.74, 6) is 1.25. The molecule has 3 heterocycles. The van der Waals surface area contributed by atoms with Crippen molar-refractivity contribution in [3.8, 4) is 5.75 Å². The van der Waals surface area contributed by atoms with Gasteiger partial charge >= 0.3 is 0 Å². The number of aliphatic imine (C=N–C) groups is 1. The van der Waals surface area contributed by atoms with Gasteiger partial charge in [-0.1, -0.05) is 11.6 Å². The van der Waals surface area contributed by atoms with Gasteiger partial charge in [-0.05, 0) is 20.3 Å². The molecule has 3 N–H and O–H groups in total. The number of hydrogen-bond donors (Lipinski definition) is 2. The zero-order valence-corrected chi connectivity index (χ0v) is 13.7. The van der Waals surface area contributed by atoms with Gasteiger partial charge in [0.1, 0.15) is 17.1 Å². The van der Waals surface area contributed by atoms with Crippen molar-refractivity contribution in [3.05, 3.63) is 33.7 Å². The van der Waals surface area contributed by atoms with Crippen LogP contribution in [0.2, 0.25) is 0 Å². The highest BCUT2D eigenvalue weighted by atomic mass is 35.5. The van der Waals surface area contributed by atoms with Gasteiger partial charge in [0.2, 0.25) is 0 Å². The maximum Gasteiger partial charge on any atom is 0.195 e. The summed E-state index contributed by atoms with van der Waals surface area (Å²) < 4.78 is 5.48. The first kappa shape index (κ1) is 15.1. The maximum atomic E-state index is 6.23. The average Bonchev–Trinajstić information content (AvgIpc) is 2.86. The molecule has 0 spiro atoms. The number of ether oxygens (including phenoxy) is 1. The van der Waals surface area contributed by atoms with E-state index in [9.17, 15) is 0 Å². The van der Waals surface area contributed by atoms with Crippen LogP contribution in [-0.4, -0.2) is 35.7 Å². The van der Waals surface area contributed by atoms with Crippen molar-refractivity contribution in [1.29, 1.82) is 0 Å². The summed E-state index contributed by atoms with van der Waals surface area (Å²) in [7, 11) is 1.69. The van der Waals surface area contributed by atoms with E-state index in [2.05, 4.69) is 20.2 Å². The number of methoxy groups -OCH3 is 1. The van der Waals surface area contributed by atoms with E-state index < -0.39 is 0 Å². The van der Waals surface area contributed by atoms with Crippen LogP contribution in [-0.2, 0) is 6.54 Å². The molecule has 1 fully saturated rings. The number of hydrogen-bond acceptors (Lipinski definition) is 6. The Morgan fingerprint density at radius 2 is 2.27 bits per heavy atom. The Morgan fingerprint density at radius 1 is 1.50 bits per heavy atom. The molecule has 1 unspecified atom stereocenters. The number of aryl methyl sites for hydroxylation is 1. The minimum absolute atomic E-state index is 0.0951. The van der Waals surface area contributed by atoms with E-state index in [1.54, 1.807) is 7.11 Å². The molecule has 6 nitrogen and oxygen atoms in total. The van der Waals surface area contributed by atoms with E-state index >= 15 is 0 Å². The SMILES string of the molecule is COc1c(C)cnc(CN2CCC3=C(Cl)NC(N)=NC32)c1C. The van der Waals surface area contributed by atoms with Gasteiger partial charge in [0.15, 0.2) is 5.96 Å². The number of nitrogens with zero attached hydrogens (tertiary/aromatic N) is 3. The van der Waals surface area contributed by atoms with Crippen LogP contribution in [0.4, 0.5) is 0 Å². The molecule has 7 heteroatoms. The van der Waals surface area contributed by atoms with Crippen molar-refractivity contribution in [2.75, 3.05) is 13.7 Å². The van der Waals surface area contributed by atoms with Gasteiger partial charge in [0, 0.05) is 36.0 Å². The highest BCUT2D eigenvalue weighted by Gasteiger charge is 2.34. The van der Waals surface area contributed by atoms with Crippen LogP contribution in [0.1, 0.15) is 23.2 Å². The van der Waals surface area contributed by atoms with Crippen molar-refractivity contribution in [2.24, 2.45) is 10.7 Å². The van der Waals surface area contributed by atoms with Crippen LogP contribution in [0, 0.1) is 13.8 Å². The normalized spacial score (nSPS) is 21.5. The fraction of sp³-hybridized carbons (Fsp3) is 0.467. The monoisotopic (exact) mass is 321 g/mol. The summed E-state index contributed by atoms with van der Waals surface area (Å²) in [4.78, 5) is 11.3. The molecule has 0 saturated carbocycles. The van der Waals surface area contributed by atoms with Gasteiger partial charge < -0.3 is 15.8 Å². The molecule has 118 valence electrons. The lowest BCUT2D eigenvalue weighted by atomic mass is 10.1. The zero-order chi connectivity index (χ0) is 15.9. The van der Waals surface area contributed by atoms with Gasteiger partial charge in [-0.3, -0.25) is 9.88 Å². The zero-order valence-electron chi connectivity index (χ0n) is 13.0. The molecule has 0 aromatic carbocycles. The molecule has 1 atom stereocenters. The molecule has 1 saturated heterocycles. The lowest BCUT2D eigenvalue weighted by molar-refractivity contribution is 0.260. The Labute approximate surface area is 135 Å². The number of fused-ring (bicyclic) bond motifs is 1. The maximum absolute atomic E-state index is 6.23. The Hall–Kier alpha value is -1.79. The Kier molecular flexibility index (Phi) is 3.97. The predicted octanol–water partition coefficient (Wildman–Crippen LogP) is 1.61. The van der Waals surface area contributed by atoms with Crippen LogP contribution in [0.15, 0.2) is 21.9 Å². The third-order valence-corrected chi connectivity index (χ3v) is 4.55. The predicted molar refractivity (Wildman–Crippen MR) is 86.7 cm³/mol. The molecule has 0 radical (unpaired) electrons. The van der Waals surface area contributed by atoms with Crippen molar-refractivity contribution >= 4 is 17.6 Å². The van der Waals surface area contributed by atoms with Crippen LogP contribution in [0.5, 0.6) is 5.75 Å². The van der Waals surface area contributed by atoms with Gasteiger partial charge in [0.25, 0.3) is 0 Å². The molecule has 3 rings (SSSR count). The topological polar surface area (TPSA) is 75.8 Å². The number of guanidine groups is 1. The first-order chi connectivity index (χ1) is 10.5.